The molecule has 1 heterocycles. The Labute approximate surface area is 137 Å². The maximum atomic E-state index is 4.92. The fraction of sp³-hybridized carbons (Fsp3) is 0.944. The summed E-state index contributed by atoms with van der Waals surface area (Å²) in [6.07, 6.45) is 8.09. The van der Waals surface area contributed by atoms with Gasteiger partial charge in [0.05, 0.1) is 0 Å². The van der Waals surface area contributed by atoms with Gasteiger partial charge in [0.2, 0.25) is 0 Å². The van der Waals surface area contributed by atoms with Crippen LogP contribution in [0.25, 0.3) is 0 Å². The molecule has 1 unspecified atom stereocenters. The van der Waals surface area contributed by atoms with E-state index >= 15 is 0 Å². The molecule has 22 heavy (non-hydrogen) atoms. The number of nitrogens with zero attached hydrogens (tertiary/aromatic N) is 2. The summed E-state index contributed by atoms with van der Waals surface area (Å²) < 4.78 is 0. The molecular formula is C18H36N4. The summed E-state index contributed by atoms with van der Waals surface area (Å²) in [7, 11) is 0. The number of nitrogens with one attached hydrogen (secondary N) is 2. The maximum absolute atomic E-state index is 4.92. The van der Waals surface area contributed by atoms with E-state index in [0.29, 0.717) is 5.41 Å². The van der Waals surface area contributed by atoms with Crippen LogP contribution in [0.2, 0.25) is 0 Å². The third-order valence-corrected chi connectivity index (χ3v) is 5.71. The third kappa shape index (κ3) is 4.87. The summed E-state index contributed by atoms with van der Waals surface area (Å²) in [5, 5.41) is 7.01. The Balaban J connectivity index is 1.82. The van der Waals surface area contributed by atoms with Crippen LogP contribution in [0.4, 0.5) is 0 Å². The Hall–Kier alpha value is -0.770. The minimum absolute atomic E-state index is 0.481. The van der Waals surface area contributed by atoms with Crippen molar-refractivity contribution >= 4 is 5.96 Å². The lowest BCUT2D eigenvalue weighted by Crippen LogP contribution is -2.41. The number of hydrogen-bond donors (Lipinski definition) is 2. The summed E-state index contributed by atoms with van der Waals surface area (Å²) >= 11 is 0. The summed E-state index contributed by atoms with van der Waals surface area (Å²) in [5.41, 5.74) is 0.481. The van der Waals surface area contributed by atoms with Gasteiger partial charge in [-0.05, 0) is 57.0 Å². The fourth-order valence-electron chi connectivity index (χ4n) is 3.94. The number of guanidine groups is 1. The van der Waals surface area contributed by atoms with Gasteiger partial charge < -0.3 is 15.5 Å². The third-order valence-electron chi connectivity index (χ3n) is 5.71. The molecule has 2 rings (SSSR count). The summed E-state index contributed by atoms with van der Waals surface area (Å²) in [6.45, 7) is 13.4. The van der Waals surface area contributed by atoms with Crippen LogP contribution in [0, 0.1) is 11.3 Å². The van der Waals surface area contributed by atoms with Gasteiger partial charge in [-0.2, -0.15) is 0 Å². The standard InChI is InChI=1S/C18H36N4/c1-4-18(10-7-8-11-18)15-21-17(19-5-2)20-13-16-9-12-22(6-3)14-16/h16H,4-15H2,1-3H3,(H2,19,20,21). The summed E-state index contributed by atoms with van der Waals surface area (Å²) in [5.74, 6) is 1.80. The van der Waals surface area contributed by atoms with Gasteiger partial charge in [0.1, 0.15) is 0 Å². The highest BCUT2D eigenvalue weighted by Gasteiger charge is 2.31. The van der Waals surface area contributed by atoms with Crippen molar-refractivity contribution in [2.75, 3.05) is 39.3 Å². The second-order valence-corrected chi connectivity index (χ2v) is 7.18. The smallest absolute Gasteiger partial charge is 0.191 e. The normalized spacial score (nSPS) is 25.6. The van der Waals surface area contributed by atoms with Crippen LogP contribution in [0.5, 0.6) is 0 Å². The highest BCUT2D eigenvalue weighted by atomic mass is 15.2. The molecule has 1 aliphatic heterocycles. The van der Waals surface area contributed by atoms with Crippen molar-refractivity contribution in [3.05, 3.63) is 0 Å². The first-order valence-corrected chi connectivity index (χ1v) is 9.46. The zero-order valence-corrected chi connectivity index (χ0v) is 15.0. The number of aliphatic imine (C=N–C) groups is 1. The van der Waals surface area contributed by atoms with Crippen LogP contribution < -0.4 is 10.6 Å². The topological polar surface area (TPSA) is 39.7 Å². The molecule has 1 atom stereocenters. The predicted octanol–water partition coefficient (Wildman–Crippen LogP) is 2.85. The lowest BCUT2D eigenvalue weighted by atomic mass is 9.84. The van der Waals surface area contributed by atoms with Gasteiger partial charge in [-0.1, -0.05) is 26.7 Å². The minimum Gasteiger partial charge on any atom is -0.357 e. The van der Waals surface area contributed by atoms with Gasteiger partial charge in [0.25, 0.3) is 0 Å². The Kier molecular flexibility index (Phi) is 7.00. The van der Waals surface area contributed by atoms with Crippen molar-refractivity contribution in [3.8, 4) is 0 Å². The quantitative estimate of drug-likeness (QED) is 0.561. The molecule has 1 saturated heterocycles. The number of rotatable bonds is 7. The van der Waals surface area contributed by atoms with E-state index in [4.69, 9.17) is 4.99 Å². The highest BCUT2D eigenvalue weighted by Crippen LogP contribution is 2.41. The molecule has 128 valence electrons. The molecule has 0 spiro atoms. The van der Waals surface area contributed by atoms with Gasteiger partial charge in [-0.3, -0.25) is 4.99 Å². The maximum Gasteiger partial charge on any atom is 0.191 e. The van der Waals surface area contributed by atoms with Gasteiger partial charge in [-0.15, -0.1) is 0 Å². The average Bonchev–Trinajstić information content (AvgIpc) is 3.19. The molecular weight excluding hydrogens is 272 g/mol. The Bertz CT molecular complexity index is 347. The second kappa shape index (κ2) is 8.76. The first-order chi connectivity index (χ1) is 10.7. The van der Waals surface area contributed by atoms with E-state index in [0.717, 1.165) is 31.5 Å². The molecule has 4 nitrogen and oxygen atoms in total. The van der Waals surface area contributed by atoms with E-state index in [1.165, 1.54) is 58.2 Å². The van der Waals surface area contributed by atoms with E-state index in [9.17, 15) is 0 Å². The van der Waals surface area contributed by atoms with Crippen molar-refractivity contribution < 1.29 is 0 Å². The lowest BCUT2D eigenvalue weighted by Gasteiger charge is -2.26. The molecule has 1 saturated carbocycles. The van der Waals surface area contributed by atoms with Crippen molar-refractivity contribution in [2.45, 2.75) is 59.3 Å². The van der Waals surface area contributed by atoms with E-state index in [1.54, 1.807) is 0 Å². The van der Waals surface area contributed by atoms with E-state index in [1.807, 2.05) is 0 Å². The SMILES string of the molecule is CCNC(=NCC1(CC)CCCC1)NCC1CCN(CC)C1. The van der Waals surface area contributed by atoms with Crippen LogP contribution >= 0.6 is 0 Å². The molecule has 0 aromatic rings. The monoisotopic (exact) mass is 308 g/mol. The van der Waals surface area contributed by atoms with Crippen molar-refractivity contribution in [3.63, 3.8) is 0 Å². The van der Waals surface area contributed by atoms with Crippen molar-refractivity contribution in [1.29, 1.82) is 0 Å². The van der Waals surface area contributed by atoms with E-state index in [2.05, 4.69) is 36.3 Å². The van der Waals surface area contributed by atoms with E-state index in [-0.39, 0.29) is 0 Å². The van der Waals surface area contributed by atoms with E-state index < -0.39 is 0 Å². The van der Waals surface area contributed by atoms with Crippen LogP contribution in [-0.2, 0) is 0 Å². The minimum atomic E-state index is 0.481. The molecule has 0 aromatic carbocycles. The van der Waals surface area contributed by atoms with Gasteiger partial charge in [0.15, 0.2) is 5.96 Å². The zero-order valence-electron chi connectivity index (χ0n) is 15.0. The van der Waals surface area contributed by atoms with Gasteiger partial charge >= 0.3 is 0 Å². The molecule has 2 fully saturated rings. The van der Waals surface area contributed by atoms with Crippen LogP contribution in [0.3, 0.4) is 0 Å². The summed E-state index contributed by atoms with van der Waals surface area (Å²) in [4.78, 5) is 7.46. The van der Waals surface area contributed by atoms with Gasteiger partial charge in [0, 0.05) is 26.2 Å². The molecule has 2 N–H and O–H groups in total. The molecule has 0 amide bonds. The van der Waals surface area contributed by atoms with Gasteiger partial charge in [-0.25, -0.2) is 0 Å². The highest BCUT2D eigenvalue weighted by molar-refractivity contribution is 5.79. The van der Waals surface area contributed by atoms with Crippen LogP contribution in [-0.4, -0.2) is 50.1 Å². The predicted molar refractivity (Wildman–Crippen MR) is 95.4 cm³/mol. The first kappa shape index (κ1) is 17.6. The molecule has 1 aliphatic carbocycles. The molecule has 0 radical (unpaired) electrons. The van der Waals surface area contributed by atoms with Crippen LogP contribution in [0.15, 0.2) is 4.99 Å². The molecule has 0 bridgehead atoms. The largest absolute Gasteiger partial charge is 0.357 e. The Morgan fingerprint density at radius 2 is 1.95 bits per heavy atom. The fourth-order valence-corrected chi connectivity index (χ4v) is 3.94. The molecule has 2 aliphatic rings. The Morgan fingerprint density at radius 1 is 1.18 bits per heavy atom. The average molecular weight is 309 g/mol. The lowest BCUT2D eigenvalue weighted by molar-refractivity contribution is 0.297. The second-order valence-electron chi connectivity index (χ2n) is 7.18. The summed E-state index contributed by atoms with van der Waals surface area (Å²) in [6, 6.07) is 0. The number of hydrogen-bond acceptors (Lipinski definition) is 2. The Morgan fingerprint density at radius 3 is 2.55 bits per heavy atom. The van der Waals surface area contributed by atoms with Crippen molar-refractivity contribution in [2.24, 2.45) is 16.3 Å². The first-order valence-electron chi connectivity index (χ1n) is 9.46. The van der Waals surface area contributed by atoms with Crippen molar-refractivity contribution in [1.82, 2.24) is 15.5 Å². The molecule has 0 aromatic heterocycles. The zero-order chi connectivity index (χ0) is 15.8. The van der Waals surface area contributed by atoms with Crippen LogP contribution in [0.1, 0.15) is 59.3 Å². The molecule has 4 heteroatoms. The number of likely N-dealkylation sites (tertiary alicyclic amines) is 1.